The van der Waals surface area contributed by atoms with E-state index in [9.17, 15) is 10.1 Å². The Morgan fingerprint density at radius 3 is 3.11 bits per heavy atom. The summed E-state index contributed by atoms with van der Waals surface area (Å²) in [5.41, 5.74) is -0.678. The molecule has 0 N–H and O–H groups in total. The molecule has 4 nitrogen and oxygen atoms in total. The number of benzene rings is 1. The van der Waals surface area contributed by atoms with Gasteiger partial charge in [0.25, 0.3) is 0 Å². The van der Waals surface area contributed by atoms with E-state index in [0.29, 0.717) is 29.4 Å². The van der Waals surface area contributed by atoms with Crippen molar-refractivity contribution in [3.8, 4) is 11.8 Å². The van der Waals surface area contributed by atoms with E-state index in [4.69, 9.17) is 16.3 Å². The zero-order valence-electron chi connectivity index (χ0n) is 9.81. The zero-order chi connectivity index (χ0) is 12.9. The molecule has 2 aliphatic rings. The van der Waals surface area contributed by atoms with Gasteiger partial charge in [0, 0.05) is 18.1 Å². The van der Waals surface area contributed by atoms with Crippen LogP contribution >= 0.6 is 11.6 Å². The maximum absolute atomic E-state index is 12.6. The Morgan fingerprint density at radius 2 is 2.39 bits per heavy atom. The number of nitriles is 1. The third-order valence-corrected chi connectivity index (χ3v) is 3.84. The lowest BCUT2D eigenvalue weighted by Crippen LogP contribution is -2.47. The highest BCUT2D eigenvalue weighted by atomic mass is 35.5. The Bertz CT molecular complexity index is 581. The highest BCUT2D eigenvalue weighted by Crippen LogP contribution is 2.43. The zero-order valence-corrected chi connectivity index (χ0v) is 10.6. The SMILES string of the molecule is CN1C[C@H]2Oc3ccc(Cl)cc3C(=O)[C@@]2(C#N)C1. The van der Waals surface area contributed by atoms with Crippen molar-refractivity contribution >= 4 is 17.4 Å². The predicted octanol–water partition coefficient (Wildman–Crippen LogP) is 1.74. The molecule has 2 heterocycles. The van der Waals surface area contributed by atoms with Gasteiger partial charge in [-0.3, -0.25) is 4.79 Å². The van der Waals surface area contributed by atoms with Gasteiger partial charge >= 0.3 is 0 Å². The van der Waals surface area contributed by atoms with Crippen molar-refractivity contribution in [3.63, 3.8) is 0 Å². The van der Waals surface area contributed by atoms with Crippen LogP contribution in [0.15, 0.2) is 18.2 Å². The highest BCUT2D eigenvalue weighted by Gasteiger charge is 2.56. The molecule has 3 rings (SSSR count). The van der Waals surface area contributed by atoms with Crippen molar-refractivity contribution in [2.24, 2.45) is 5.41 Å². The molecule has 0 unspecified atom stereocenters. The van der Waals surface area contributed by atoms with E-state index in [1.807, 2.05) is 11.9 Å². The summed E-state index contributed by atoms with van der Waals surface area (Å²) in [6.45, 7) is 0.986. The Kier molecular flexibility index (Phi) is 2.37. The van der Waals surface area contributed by atoms with Crippen molar-refractivity contribution in [1.29, 1.82) is 5.26 Å². The average Bonchev–Trinajstić information content (AvgIpc) is 2.68. The number of hydrogen-bond donors (Lipinski definition) is 0. The second-order valence-electron chi connectivity index (χ2n) is 4.86. The molecule has 5 heteroatoms. The minimum absolute atomic E-state index is 0.178. The van der Waals surface area contributed by atoms with E-state index in [1.54, 1.807) is 18.2 Å². The number of ether oxygens (including phenoxy) is 1. The van der Waals surface area contributed by atoms with Crippen LogP contribution in [0, 0.1) is 16.7 Å². The normalized spacial score (nSPS) is 30.3. The molecule has 0 radical (unpaired) electrons. The number of nitrogens with zero attached hydrogens (tertiary/aromatic N) is 2. The fourth-order valence-electron chi connectivity index (χ4n) is 2.72. The summed E-state index contributed by atoms with van der Waals surface area (Å²) < 4.78 is 5.80. The minimum atomic E-state index is -1.09. The molecule has 0 bridgehead atoms. The third kappa shape index (κ3) is 1.38. The molecule has 0 saturated carbocycles. The second-order valence-corrected chi connectivity index (χ2v) is 5.29. The third-order valence-electron chi connectivity index (χ3n) is 3.61. The molecular formula is C13H11ClN2O2. The largest absolute Gasteiger partial charge is 0.486 e. The van der Waals surface area contributed by atoms with Gasteiger partial charge in [-0.25, -0.2) is 0 Å². The maximum atomic E-state index is 12.6. The first kappa shape index (κ1) is 11.5. The smallest absolute Gasteiger partial charge is 0.192 e. The number of likely N-dealkylation sites (N-methyl/N-ethyl adjacent to an activating group) is 1. The number of halogens is 1. The number of fused-ring (bicyclic) bond motifs is 2. The van der Waals surface area contributed by atoms with Gasteiger partial charge in [-0.05, 0) is 25.2 Å². The Morgan fingerprint density at radius 1 is 1.61 bits per heavy atom. The molecular weight excluding hydrogens is 252 g/mol. The molecule has 18 heavy (non-hydrogen) atoms. The summed E-state index contributed by atoms with van der Waals surface area (Å²) in [4.78, 5) is 14.5. The first-order valence-corrected chi connectivity index (χ1v) is 6.05. The molecule has 2 atom stereocenters. The molecule has 1 saturated heterocycles. The van der Waals surface area contributed by atoms with Crippen molar-refractivity contribution in [3.05, 3.63) is 28.8 Å². The van der Waals surface area contributed by atoms with Crippen molar-refractivity contribution in [2.75, 3.05) is 20.1 Å². The van der Waals surface area contributed by atoms with Crippen LogP contribution in [0.1, 0.15) is 10.4 Å². The fraction of sp³-hybridized carbons (Fsp3) is 0.385. The number of carbonyl (C=O) groups is 1. The fourth-order valence-corrected chi connectivity index (χ4v) is 2.89. The first-order chi connectivity index (χ1) is 8.56. The molecule has 0 aliphatic carbocycles. The highest BCUT2D eigenvalue weighted by molar-refractivity contribution is 6.31. The van der Waals surface area contributed by atoms with Crippen LogP contribution in [0.2, 0.25) is 5.02 Å². The van der Waals surface area contributed by atoms with Crippen LogP contribution in [0.3, 0.4) is 0 Å². The lowest BCUT2D eigenvalue weighted by Gasteiger charge is -2.32. The Hall–Kier alpha value is -1.57. The van der Waals surface area contributed by atoms with Gasteiger partial charge in [0.1, 0.15) is 11.9 Å². The van der Waals surface area contributed by atoms with Gasteiger partial charge in [-0.1, -0.05) is 11.6 Å². The maximum Gasteiger partial charge on any atom is 0.192 e. The summed E-state index contributed by atoms with van der Waals surface area (Å²) in [7, 11) is 1.88. The van der Waals surface area contributed by atoms with Crippen LogP contribution in [0.4, 0.5) is 0 Å². The lowest BCUT2D eigenvalue weighted by atomic mass is 9.77. The molecule has 0 amide bonds. The molecule has 0 spiro atoms. The van der Waals surface area contributed by atoms with Crippen LogP contribution in [-0.4, -0.2) is 36.9 Å². The van der Waals surface area contributed by atoms with Crippen LogP contribution < -0.4 is 4.74 Å². The van der Waals surface area contributed by atoms with Crippen molar-refractivity contribution in [2.45, 2.75) is 6.10 Å². The number of likely N-dealkylation sites (tertiary alicyclic amines) is 1. The molecule has 0 aromatic heterocycles. The van der Waals surface area contributed by atoms with E-state index in [-0.39, 0.29) is 5.78 Å². The standard InChI is InChI=1S/C13H11ClN2O2/c1-16-5-11-13(6-15,7-16)12(17)9-4-8(14)2-3-10(9)18-11/h2-4,11H,5,7H2,1H3/t11-,13+/m1/s1. The molecule has 1 aromatic carbocycles. The number of rotatable bonds is 0. The quantitative estimate of drug-likeness (QED) is 0.715. The van der Waals surface area contributed by atoms with Gasteiger partial charge in [-0.15, -0.1) is 0 Å². The van der Waals surface area contributed by atoms with Gasteiger partial charge < -0.3 is 9.64 Å². The summed E-state index contributed by atoms with van der Waals surface area (Å²) in [6, 6.07) is 7.11. The molecule has 92 valence electrons. The summed E-state index contributed by atoms with van der Waals surface area (Å²) in [5, 5.41) is 9.90. The number of carbonyl (C=O) groups excluding carboxylic acids is 1. The number of hydrogen-bond acceptors (Lipinski definition) is 4. The summed E-state index contributed by atoms with van der Waals surface area (Å²) in [5.74, 6) is 0.346. The Labute approximate surface area is 110 Å². The van der Waals surface area contributed by atoms with Crippen molar-refractivity contribution in [1.82, 2.24) is 4.90 Å². The minimum Gasteiger partial charge on any atom is -0.486 e. The molecule has 1 fully saturated rings. The van der Waals surface area contributed by atoms with Crippen LogP contribution in [0.25, 0.3) is 0 Å². The molecule has 2 aliphatic heterocycles. The summed E-state index contributed by atoms with van der Waals surface area (Å²) in [6.07, 6.45) is -0.395. The first-order valence-electron chi connectivity index (χ1n) is 5.67. The van der Waals surface area contributed by atoms with Gasteiger partial charge in [0.15, 0.2) is 11.2 Å². The summed E-state index contributed by atoms with van der Waals surface area (Å²) >= 11 is 5.90. The van der Waals surface area contributed by atoms with Gasteiger partial charge in [-0.2, -0.15) is 5.26 Å². The van der Waals surface area contributed by atoms with E-state index in [2.05, 4.69) is 6.07 Å². The van der Waals surface area contributed by atoms with Gasteiger partial charge in [0.05, 0.1) is 11.6 Å². The predicted molar refractivity (Wildman–Crippen MR) is 65.7 cm³/mol. The monoisotopic (exact) mass is 262 g/mol. The van der Waals surface area contributed by atoms with Crippen molar-refractivity contribution < 1.29 is 9.53 Å². The van der Waals surface area contributed by atoms with E-state index >= 15 is 0 Å². The van der Waals surface area contributed by atoms with Gasteiger partial charge in [0.2, 0.25) is 0 Å². The van der Waals surface area contributed by atoms with E-state index < -0.39 is 11.5 Å². The Balaban J connectivity index is 2.16. The molecule has 1 aromatic rings. The second kappa shape index (κ2) is 3.71. The van der Waals surface area contributed by atoms with E-state index in [0.717, 1.165) is 0 Å². The number of Topliss-reactive ketones (excluding diaryl/α,β-unsaturated/α-hetero) is 1. The average molecular weight is 263 g/mol. The number of ketones is 1. The van der Waals surface area contributed by atoms with E-state index in [1.165, 1.54) is 0 Å². The van der Waals surface area contributed by atoms with Crippen LogP contribution in [-0.2, 0) is 0 Å². The topological polar surface area (TPSA) is 53.3 Å². The lowest BCUT2D eigenvalue weighted by molar-refractivity contribution is 0.0626. The van der Waals surface area contributed by atoms with Crippen LogP contribution in [0.5, 0.6) is 5.75 Å².